The van der Waals surface area contributed by atoms with Crippen LogP contribution in [0.1, 0.15) is 44.9 Å². The van der Waals surface area contributed by atoms with Crippen LogP contribution in [0.15, 0.2) is 0 Å². The molecular formula is C14H24N2O2. The highest BCUT2D eigenvalue weighted by molar-refractivity contribution is 5.82. The van der Waals surface area contributed by atoms with Crippen molar-refractivity contribution in [2.45, 2.75) is 69.2 Å². The molecule has 2 aliphatic carbocycles. The van der Waals surface area contributed by atoms with Gasteiger partial charge in [-0.25, -0.2) is 0 Å². The Bertz CT molecular complexity index is 301. The van der Waals surface area contributed by atoms with E-state index < -0.39 is 0 Å². The summed E-state index contributed by atoms with van der Waals surface area (Å²) in [6, 6.07) is 0.995. The minimum absolute atomic E-state index is 0.0553. The standard InChI is InChI=1S/C14H24N2O2/c1-18-11-7-10(8-11)15-14(17)13-6-9-4-2-3-5-12(9)16-13/h9-13,16H,2-8H2,1H3,(H,15,17). The summed E-state index contributed by atoms with van der Waals surface area (Å²) in [5.41, 5.74) is 0. The molecule has 18 heavy (non-hydrogen) atoms. The zero-order valence-electron chi connectivity index (χ0n) is 11.2. The summed E-state index contributed by atoms with van der Waals surface area (Å²) in [7, 11) is 1.74. The van der Waals surface area contributed by atoms with Gasteiger partial charge in [0.1, 0.15) is 0 Å². The molecule has 3 rings (SSSR count). The molecule has 0 aromatic rings. The molecule has 0 spiro atoms. The van der Waals surface area contributed by atoms with Gasteiger partial charge in [0.15, 0.2) is 0 Å². The molecule has 3 fully saturated rings. The van der Waals surface area contributed by atoms with E-state index in [0.29, 0.717) is 18.2 Å². The summed E-state index contributed by atoms with van der Waals surface area (Å²) in [5.74, 6) is 0.951. The van der Waals surface area contributed by atoms with E-state index in [2.05, 4.69) is 10.6 Å². The smallest absolute Gasteiger partial charge is 0.237 e. The molecule has 102 valence electrons. The van der Waals surface area contributed by atoms with Crippen LogP contribution in [0.3, 0.4) is 0 Å². The second-order valence-electron chi connectivity index (χ2n) is 6.14. The first-order valence-electron chi connectivity index (χ1n) is 7.35. The molecule has 4 heteroatoms. The number of ether oxygens (including phenoxy) is 1. The van der Waals surface area contributed by atoms with Gasteiger partial charge in [-0.1, -0.05) is 12.8 Å². The lowest BCUT2D eigenvalue weighted by molar-refractivity contribution is -0.125. The van der Waals surface area contributed by atoms with E-state index in [1.807, 2.05) is 0 Å². The highest BCUT2D eigenvalue weighted by atomic mass is 16.5. The van der Waals surface area contributed by atoms with Crippen molar-refractivity contribution < 1.29 is 9.53 Å². The van der Waals surface area contributed by atoms with E-state index in [9.17, 15) is 4.79 Å². The molecule has 1 amide bonds. The Hall–Kier alpha value is -0.610. The molecule has 2 N–H and O–H groups in total. The number of nitrogens with one attached hydrogen (secondary N) is 2. The topological polar surface area (TPSA) is 50.4 Å². The normalized spacial score (nSPS) is 43.1. The van der Waals surface area contributed by atoms with Gasteiger partial charge in [0.05, 0.1) is 12.1 Å². The summed E-state index contributed by atoms with van der Waals surface area (Å²) in [5, 5.41) is 6.68. The minimum Gasteiger partial charge on any atom is -0.381 e. The zero-order valence-corrected chi connectivity index (χ0v) is 11.2. The molecular weight excluding hydrogens is 228 g/mol. The molecule has 2 saturated carbocycles. The maximum absolute atomic E-state index is 12.2. The number of fused-ring (bicyclic) bond motifs is 1. The Balaban J connectivity index is 1.46. The highest BCUT2D eigenvalue weighted by Crippen LogP contribution is 2.33. The molecule has 0 radical (unpaired) electrons. The van der Waals surface area contributed by atoms with E-state index >= 15 is 0 Å². The van der Waals surface area contributed by atoms with Crippen molar-refractivity contribution in [1.82, 2.24) is 10.6 Å². The Morgan fingerprint density at radius 3 is 2.72 bits per heavy atom. The number of hydrogen-bond acceptors (Lipinski definition) is 3. The van der Waals surface area contributed by atoms with Crippen molar-refractivity contribution in [2.24, 2.45) is 5.92 Å². The second kappa shape index (κ2) is 5.17. The molecule has 0 aromatic carbocycles. The predicted molar refractivity (Wildman–Crippen MR) is 69.2 cm³/mol. The Morgan fingerprint density at radius 2 is 2.00 bits per heavy atom. The van der Waals surface area contributed by atoms with Crippen molar-refractivity contribution in [1.29, 1.82) is 0 Å². The van der Waals surface area contributed by atoms with Crippen molar-refractivity contribution in [3.63, 3.8) is 0 Å². The molecule has 3 atom stereocenters. The number of rotatable bonds is 3. The van der Waals surface area contributed by atoms with E-state index in [4.69, 9.17) is 4.74 Å². The van der Waals surface area contributed by atoms with E-state index in [1.54, 1.807) is 7.11 Å². The minimum atomic E-state index is 0.0553. The average Bonchev–Trinajstić information content (AvgIpc) is 2.76. The lowest BCUT2D eigenvalue weighted by atomic mass is 9.85. The number of carbonyl (C=O) groups excluding carboxylic acids is 1. The van der Waals surface area contributed by atoms with Gasteiger partial charge in [-0.15, -0.1) is 0 Å². The van der Waals surface area contributed by atoms with Crippen LogP contribution in [-0.4, -0.2) is 37.2 Å². The van der Waals surface area contributed by atoms with Crippen LogP contribution < -0.4 is 10.6 Å². The van der Waals surface area contributed by atoms with Gasteiger partial charge in [-0.3, -0.25) is 4.79 Å². The largest absolute Gasteiger partial charge is 0.381 e. The SMILES string of the molecule is COC1CC(NC(=O)C2CC3CCCCC3N2)C1. The molecule has 4 nitrogen and oxygen atoms in total. The van der Waals surface area contributed by atoms with Crippen molar-refractivity contribution in [3.8, 4) is 0 Å². The summed E-state index contributed by atoms with van der Waals surface area (Å²) in [6.07, 6.45) is 8.56. The molecule has 0 bridgehead atoms. The van der Waals surface area contributed by atoms with Gasteiger partial charge in [-0.05, 0) is 38.0 Å². The molecule has 1 saturated heterocycles. The summed E-state index contributed by atoms with van der Waals surface area (Å²) < 4.78 is 5.23. The molecule has 3 aliphatic rings. The van der Waals surface area contributed by atoms with Crippen LogP contribution in [0.5, 0.6) is 0 Å². The van der Waals surface area contributed by atoms with Gasteiger partial charge in [0.2, 0.25) is 5.91 Å². The molecule has 1 aliphatic heterocycles. The van der Waals surface area contributed by atoms with Gasteiger partial charge in [0, 0.05) is 19.2 Å². The monoisotopic (exact) mass is 252 g/mol. The van der Waals surface area contributed by atoms with Crippen LogP contribution in [0.4, 0.5) is 0 Å². The van der Waals surface area contributed by atoms with E-state index in [0.717, 1.165) is 25.2 Å². The quantitative estimate of drug-likeness (QED) is 0.793. The number of hydrogen-bond donors (Lipinski definition) is 2. The highest BCUT2D eigenvalue weighted by Gasteiger charge is 2.39. The maximum Gasteiger partial charge on any atom is 0.237 e. The number of methoxy groups -OCH3 is 1. The van der Waals surface area contributed by atoms with Crippen molar-refractivity contribution in [3.05, 3.63) is 0 Å². The van der Waals surface area contributed by atoms with Crippen molar-refractivity contribution in [2.75, 3.05) is 7.11 Å². The summed E-state index contributed by atoms with van der Waals surface area (Å²) in [4.78, 5) is 12.2. The third kappa shape index (κ3) is 2.41. The molecule has 0 aromatic heterocycles. The zero-order chi connectivity index (χ0) is 12.5. The summed E-state index contributed by atoms with van der Waals surface area (Å²) >= 11 is 0. The molecule has 1 heterocycles. The third-order valence-corrected chi connectivity index (χ3v) is 4.95. The fourth-order valence-corrected chi connectivity index (χ4v) is 3.70. The van der Waals surface area contributed by atoms with Crippen LogP contribution in [-0.2, 0) is 9.53 Å². The fraction of sp³-hybridized carbons (Fsp3) is 0.929. The van der Waals surface area contributed by atoms with Crippen LogP contribution in [0, 0.1) is 5.92 Å². The van der Waals surface area contributed by atoms with Gasteiger partial charge in [0.25, 0.3) is 0 Å². The Kier molecular flexibility index (Phi) is 3.57. The lowest BCUT2D eigenvalue weighted by Crippen LogP contribution is -2.52. The lowest BCUT2D eigenvalue weighted by Gasteiger charge is -2.35. The molecule has 3 unspecified atom stereocenters. The third-order valence-electron chi connectivity index (χ3n) is 4.95. The van der Waals surface area contributed by atoms with Gasteiger partial charge in [-0.2, -0.15) is 0 Å². The first kappa shape index (κ1) is 12.4. The van der Waals surface area contributed by atoms with E-state index in [-0.39, 0.29) is 11.9 Å². The Morgan fingerprint density at radius 1 is 1.22 bits per heavy atom. The van der Waals surface area contributed by atoms with Gasteiger partial charge >= 0.3 is 0 Å². The number of amides is 1. The van der Waals surface area contributed by atoms with Crippen molar-refractivity contribution >= 4 is 5.91 Å². The number of carbonyl (C=O) groups is 1. The first-order chi connectivity index (χ1) is 8.76. The fourth-order valence-electron chi connectivity index (χ4n) is 3.70. The average molecular weight is 252 g/mol. The van der Waals surface area contributed by atoms with E-state index in [1.165, 1.54) is 25.7 Å². The van der Waals surface area contributed by atoms with Gasteiger partial charge < -0.3 is 15.4 Å². The second-order valence-corrected chi connectivity index (χ2v) is 6.14. The predicted octanol–water partition coefficient (Wildman–Crippen LogP) is 1.20. The maximum atomic E-state index is 12.2. The Labute approximate surface area is 109 Å². The van der Waals surface area contributed by atoms with Crippen LogP contribution >= 0.6 is 0 Å². The summed E-state index contributed by atoms with van der Waals surface area (Å²) in [6.45, 7) is 0. The van der Waals surface area contributed by atoms with Crippen LogP contribution in [0.2, 0.25) is 0 Å². The first-order valence-corrected chi connectivity index (χ1v) is 7.35. The van der Waals surface area contributed by atoms with Crippen LogP contribution in [0.25, 0.3) is 0 Å².